The van der Waals surface area contributed by atoms with Gasteiger partial charge in [-0.1, -0.05) is 0 Å². The standard InChI is InChI=1S/C13H16N4O4/c18-11-4-8(7-17(11)9-5-14-15-6-9)12(19)16-3-1-2-10(16)13(20)21/h5-6,8,10H,1-4,7H2,(H,14,15)(H,20,21). The molecule has 2 unspecified atom stereocenters. The van der Waals surface area contributed by atoms with Gasteiger partial charge in [-0.3, -0.25) is 14.7 Å². The summed E-state index contributed by atoms with van der Waals surface area (Å²) in [5.41, 5.74) is 0.631. The molecule has 3 rings (SSSR count). The van der Waals surface area contributed by atoms with Gasteiger partial charge in [0, 0.05) is 25.7 Å². The number of nitrogens with zero attached hydrogens (tertiary/aromatic N) is 3. The molecule has 1 aromatic heterocycles. The number of aliphatic carboxylic acids is 1. The molecule has 3 heterocycles. The van der Waals surface area contributed by atoms with Crippen LogP contribution in [0.4, 0.5) is 5.69 Å². The number of hydrogen-bond donors (Lipinski definition) is 2. The fourth-order valence-electron chi connectivity index (χ4n) is 3.04. The van der Waals surface area contributed by atoms with Crippen LogP contribution in [0.15, 0.2) is 12.4 Å². The summed E-state index contributed by atoms with van der Waals surface area (Å²) in [7, 11) is 0. The van der Waals surface area contributed by atoms with E-state index in [1.165, 1.54) is 16.0 Å². The molecule has 2 aliphatic rings. The van der Waals surface area contributed by atoms with Crippen molar-refractivity contribution >= 4 is 23.5 Å². The molecule has 21 heavy (non-hydrogen) atoms. The highest BCUT2D eigenvalue weighted by molar-refractivity contribution is 6.00. The Morgan fingerprint density at radius 3 is 2.90 bits per heavy atom. The Balaban J connectivity index is 1.72. The number of amides is 2. The molecule has 0 aromatic carbocycles. The lowest BCUT2D eigenvalue weighted by Gasteiger charge is -2.24. The number of aromatic amines is 1. The lowest BCUT2D eigenvalue weighted by atomic mass is 10.1. The van der Waals surface area contributed by atoms with Gasteiger partial charge in [0.25, 0.3) is 0 Å². The van der Waals surface area contributed by atoms with Gasteiger partial charge >= 0.3 is 5.97 Å². The van der Waals surface area contributed by atoms with Crippen LogP contribution in [-0.4, -0.2) is 57.1 Å². The van der Waals surface area contributed by atoms with Gasteiger partial charge in [0.2, 0.25) is 11.8 Å². The summed E-state index contributed by atoms with van der Waals surface area (Å²) in [6.45, 7) is 0.728. The van der Waals surface area contributed by atoms with Gasteiger partial charge in [-0.25, -0.2) is 4.79 Å². The molecule has 0 saturated carbocycles. The molecular weight excluding hydrogens is 276 g/mol. The van der Waals surface area contributed by atoms with Crippen LogP contribution in [0.1, 0.15) is 19.3 Å². The number of H-pyrrole nitrogens is 1. The van der Waals surface area contributed by atoms with Crippen molar-refractivity contribution in [3.05, 3.63) is 12.4 Å². The SMILES string of the molecule is O=C(O)C1CCCN1C(=O)C1CC(=O)N(c2cn[nH]c2)C1. The first-order valence-electron chi connectivity index (χ1n) is 6.90. The summed E-state index contributed by atoms with van der Waals surface area (Å²) in [6.07, 6.45) is 4.41. The fraction of sp³-hybridized carbons (Fsp3) is 0.538. The van der Waals surface area contributed by atoms with Crippen molar-refractivity contribution in [3.8, 4) is 0 Å². The maximum atomic E-state index is 12.5. The maximum Gasteiger partial charge on any atom is 0.326 e. The van der Waals surface area contributed by atoms with E-state index in [1.807, 2.05) is 0 Å². The molecule has 112 valence electrons. The third kappa shape index (κ3) is 2.37. The van der Waals surface area contributed by atoms with E-state index in [4.69, 9.17) is 5.11 Å². The third-order valence-corrected chi connectivity index (χ3v) is 4.09. The Hall–Kier alpha value is -2.38. The third-order valence-electron chi connectivity index (χ3n) is 4.09. The van der Waals surface area contributed by atoms with Gasteiger partial charge in [-0.05, 0) is 12.8 Å². The first kappa shape index (κ1) is 13.6. The number of likely N-dealkylation sites (tertiary alicyclic amines) is 1. The average Bonchev–Trinajstić information content (AvgIpc) is 3.17. The molecular formula is C13H16N4O4. The summed E-state index contributed by atoms with van der Waals surface area (Å²) < 4.78 is 0. The molecule has 2 fully saturated rings. The van der Waals surface area contributed by atoms with Crippen LogP contribution >= 0.6 is 0 Å². The van der Waals surface area contributed by atoms with Crippen molar-refractivity contribution in [3.63, 3.8) is 0 Å². The molecule has 8 heteroatoms. The Morgan fingerprint density at radius 2 is 2.24 bits per heavy atom. The highest BCUT2D eigenvalue weighted by Crippen LogP contribution is 2.28. The molecule has 0 spiro atoms. The Labute approximate surface area is 120 Å². The number of carboxylic acid groups (broad SMARTS) is 1. The van der Waals surface area contributed by atoms with E-state index in [2.05, 4.69) is 10.2 Å². The topological polar surface area (TPSA) is 107 Å². The second-order valence-electron chi connectivity index (χ2n) is 5.39. The molecule has 8 nitrogen and oxygen atoms in total. The van der Waals surface area contributed by atoms with Gasteiger partial charge in [0.15, 0.2) is 0 Å². The number of anilines is 1. The summed E-state index contributed by atoms with van der Waals surface area (Å²) in [6, 6.07) is -0.754. The van der Waals surface area contributed by atoms with Crippen molar-refractivity contribution in [2.45, 2.75) is 25.3 Å². The molecule has 1 aromatic rings. The number of carboxylic acids is 1. The predicted octanol–water partition coefficient (Wildman–Crippen LogP) is -0.162. The van der Waals surface area contributed by atoms with E-state index < -0.39 is 17.9 Å². The number of hydrogen-bond acceptors (Lipinski definition) is 4. The molecule has 2 N–H and O–H groups in total. The molecule has 0 bridgehead atoms. The molecule has 2 aliphatic heterocycles. The number of nitrogens with one attached hydrogen (secondary N) is 1. The van der Waals surface area contributed by atoms with Gasteiger partial charge < -0.3 is 14.9 Å². The fourth-order valence-corrected chi connectivity index (χ4v) is 3.04. The zero-order valence-corrected chi connectivity index (χ0v) is 11.4. The summed E-state index contributed by atoms with van der Waals surface area (Å²) in [5.74, 6) is -1.83. The Kier molecular flexibility index (Phi) is 3.36. The van der Waals surface area contributed by atoms with Crippen molar-refractivity contribution in [2.75, 3.05) is 18.0 Å². The van der Waals surface area contributed by atoms with Crippen LogP contribution < -0.4 is 4.90 Å². The monoisotopic (exact) mass is 292 g/mol. The van der Waals surface area contributed by atoms with E-state index in [-0.39, 0.29) is 24.8 Å². The molecule has 2 amide bonds. The zero-order chi connectivity index (χ0) is 15.0. The highest BCUT2D eigenvalue weighted by Gasteiger charge is 2.42. The molecule has 2 saturated heterocycles. The van der Waals surface area contributed by atoms with E-state index in [0.29, 0.717) is 25.1 Å². The molecule has 0 aliphatic carbocycles. The second-order valence-corrected chi connectivity index (χ2v) is 5.39. The number of aromatic nitrogens is 2. The maximum absolute atomic E-state index is 12.5. The molecule has 0 radical (unpaired) electrons. The van der Waals surface area contributed by atoms with Gasteiger partial charge in [0.05, 0.1) is 17.8 Å². The van der Waals surface area contributed by atoms with Crippen LogP contribution in [0, 0.1) is 5.92 Å². The van der Waals surface area contributed by atoms with Crippen LogP contribution in [0.5, 0.6) is 0 Å². The van der Waals surface area contributed by atoms with E-state index >= 15 is 0 Å². The number of carbonyl (C=O) groups is 3. The van der Waals surface area contributed by atoms with Crippen LogP contribution in [0.3, 0.4) is 0 Å². The minimum atomic E-state index is -0.975. The first-order valence-corrected chi connectivity index (χ1v) is 6.90. The highest BCUT2D eigenvalue weighted by atomic mass is 16.4. The summed E-state index contributed by atoms with van der Waals surface area (Å²) in [5, 5.41) is 15.6. The van der Waals surface area contributed by atoms with Crippen LogP contribution in [0.25, 0.3) is 0 Å². The van der Waals surface area contributed by atoms with Crippen molar-refractivity contribution in [2.24, 2.45) is 5.92 Å². The van der Waals surface area contributed by atoms with E-state index in [9.17, 15) is 14.4 Å². The average molecular weight is 292 g/mol. The second kappa shape index (κ2) is 5.19. The Morgan fingerprint density at radius 1 is 1.43 bits per heavy atom. The quantitative estimate of drug-likeness (QED) is 0.805. The van der Waals surface area contributed by atoms with Gasteiger partial charge in [-0.2, -0.15) is 5.10 Å². The lowest BCUT2D eigenvalue weighted by molar-refractivity contribution is -0.149. The van der Waals surface area contributed by atoms with Crippen LogP contribution in [0.2, 0.25) is 0 Å². The summed E-state index contributed by atoms with van der Waals surface area (Å²) >= 11 is 0. The van der Waals surface area contributed by atoms with Gasteiger partial charge in [0.1, 0.15) is 6.04 Å². The largest absolute Gasteiger partial charge is 0.480 e. The smallest absolute Gasteiger partial charge is 0.326 e. The van der Waals surface area contributed by atoms with E-state index in [0.717, 1.165) is 0 Å². The van der Waals surface area contributed by atoms with Crippen molar-refractivity contribution in [1.29, 1.82) is 0 Å². The predicted molar refractivity (Wildman–Crippen MR) is 71.4 cm³/mol. The minimum absolute atomic E-state index is 0.118. The first-order chi connectivity index (χ1) is 10.1. The van der Waals surface area contributed by atoms with E-state index in [1.54, 1.807) is 6.20 Å². The minimum Gasteiger partial charge on any atom is -0.480 e. The normalized spacial score (nSPS) is 25.6. The van der Waals surface area contributed by atoms with Gasteiger partial charge in [-0.15, -0.1) is 0 Å². The lowest BCUT2D eigenvalue weighted by Crippen LogP contribution is -2.44. The summed E-state index contributed by atoms with van der Waals surface area (Å²) in [4.78, 5) is 38.6. The number of carbonyl (C=O) groups excluding carboxylic acids is 2. The Bertz CT molecular complexity index is 571. The van der Waals surface area contributed by atoms with Crippen LogP contribution in [-0.2, 0) is 14.4 Å². The molecule has 2 atom stereocenters. The van der Waals surface area contributed by atoms with Crippen molar-refractivity contribution < 1.29 is 19.5 Å². The number of rotatable bonds is 3. The van der Waals surface area contributed by atoms with Crippen molar-refractivity contribution in [1.82, 2.24) is 15.1 Å². The zero-order valence-electron chi connectivity index (χ0n) is 11.4.